The van der Waals surface area contributed by atoms with Gasteiger partial charge in [0, 0.05) is 12.6 Å². The van der Waals surface area contributed by atoms with Gasteiger partial charge in [-0.15, -0.1) is 0 Å². The summed E-state index contributed by atoms with van der Waals surface area (Å²) >= 11 is 0. The summed E-state index contributed by atoms with van der Waals surface area (Å²) in [6, 6.07) is 5.09. The third-order valence-electron chi connectivity index (χ3n) is 4.58. The van der Waals surface area contributed by atoms with Crippen LogP contribution in [-0.2, 0) is 4.43 Å². The highest BCUT2D eigenvalue weighted by molar-refractivity contribution is 6.74. The van der Waals surface area contributed by atoms with Crippen molar-refractivity contribution in [2.45, 2.75) is 44.9 Å². The van der Waals surface area contributed by atoms with Gasteiger partial charge >= 0.3 is 0 Å². The van der Waals surface area contributed by atoms with Gasteiger partial charge in [-0.05, 0) is 24.2 Å². The Balaban J connectivity index is 2.08. The molecule has 1 aromatic carbocycles. The third kappa shape index (κ3) is 3.41. The highest BCUT2D eigenvalue weighted by atomic mass is 28.4. The van der Waals surface area contributed by atoms with Crippen LogP contribution in [0.1, 0.15) is 20.8 Å². The lowest BCUT2D eigenvalue weighted by atomic mass is 10.1. The summed E-state index contributed by atoms with van der Waals surface area (Å²) in [5.41, 5.74) is 1.43. The Morgan fingerprint density at radius 3 is 2.68 bits per heavy atom. The van der Waals surface area contributed by atoms with Crippen LogP contribution in [0.25, 0.3) is 0 Å². The summed E-state index contributed by atoms with van der Waals surface area (Å²) in [5.74, 6) is 0. The molecule has 7 heteroatoms. The molecule has 0 aromatic heterocycles. The minimum absolute atomic E-state index is 0.0303. The Hall–Kier alpha value is -1.60. The SMILES string of the molecule is CC(C)(C)[Si](C)(C)OC[C@@H]1CNc2cccc([N+](=O)[O-])c2N1. The average Bonchev–Trinajstić information content (AvgIpc) is 2.43. The van der Waals surface area contributed by atoms with E-state index in [2.05, 4.69) is 44.5 Å². The largest absolute Gasteiger partial charge is 0.415 e. The van der Waals surface area contributed by atoms with Gasteiger partial charge in [-0.1, -0.05) is 26.8 Å². The van der Waals surface area contributed by atoms with Gasteiger partial charge in [-0.25, -0.2) is 0 Å². The van der Waals surface area contributed by atoms with E-state index in [1.54, 1.807) is 6.07 Å². The topological polar surface area (TPSA) is 76.4 Å². The molecule has 1 heterocycles. The molecule has 0 bridgehead atoms. The monoisotopic (exact) mass is 323 g/mol. The number of nitrogens with one attached hydrogen (secondary N) is 2. The summed E-state index contributed by atoms with van der Waals surface area (Å²) < 4.78 is 6.22. The molecule has 0 fully saturated rings. The Bertz CT molecular complexity index is 570. The fraction of sp³-hybridized carbons (Fsp3) is 0.600. The van der Waals surface area contributed by atoms with Gasteiger partial charge < -0.3 is 15.1 Å². The maximum absolute atomic E-state index is 11.1. The van der Waals surface area contributed by atoms with E-state index in [-0.39, 0.29) is 21.7 Å². The second kappa shape index (κ2) is 5.89. The molecule has 6 nitrogen and oxygen atoms in total. The summed E-state index contributed by atoms with van der Waals surface area (Å²) in [6.07, 6.45) is 0. The zero-order valence-corrected chi connectivity index (χ0v) is 14.9. The third-order valence-corrected chi connectivity index (χ3v) is 9.08. The number of hydrogen-bond donors (Lipinski definition) is 2. The molecule has 22 heavy (non-hydrogen) atoms. The number of fused-ring (bicyclic) bond motifs is 1. The first-order chi connectivity index (χ1) is 10.1. The van der Waals surface area contributed by atoms with E-state index in [1.165, 1.54) is 6.07 Å². The summed E-state index contributed by atoms with van der Waals surface area (Å²) in [7, 11) is -1.82. The van der Waals surface area contributed by atoms with Crippen LogP contribution in [0.3, 0.4) is 0 Å². The van der Waals surface area contributed by atoms with Crippen LogP contribution in [0.2, 0.25) is 18.1 Å². The molecule has 1 aliphatic rings. The molecule has 0 unspecified atom stereocenters. The van der Waals surface area contributed by atoms with Crippen LogP contribution in [0.4, 0.5) is 17.1 Å². The van der Waals surface area contributed by atoms with E-state index in [1.807, 2.05) is 6.07 Å². The van der Waals surface area contributed by atoms with Gasteiger partial charge in [0.1, 0.15) is 5.69 Å². The number of nitro groups is 1. The predicted molar refractivity (Wildman–Crippen MR) is 92.1 cm³/mol. The normalized spacial score (nSPS) is 18.1. The van der Waals surface area contributed by atoms with Gasteiger partial charge in [-0.2, -0.15) is 0 Å². The molecule has 0 amide bonds. The zero-order chi connectivity index (χ0) is 16.5. The maximum atomic E-state index is 11.1. The molecule has 1 aromatic rings. The summed E-state index contributed by atoms with van der Waals surface area (Å²) in [5, 5.41) is 17.8. The van der Waals surface area contributed by atoms with Gasteiger partial charge in [0.15, 0.2) is 8.32 Å². The van der Waals surface area contributed by atoms with Crippen LogP contribution in [0.5, 0.6) is 0 Å². The quantitative estimate of drug-likeness (QED) is 0.500. The van der Waals surface area contributed by atoms with Crippen molar-refractivity contribution in [2.24, 2.45) is 0 Å². The second-order valence-electron chi connectivity index (χ2n) is 7.25. The van der Waals surface area contributed by atoms with E-state index in [9.17, 15) is 10.1 Å². The Morgan fingerprint density at radius 2 is 2.09 bits per heavy atom. The number of benzene rings is 1. The lowest BCUT2D eigenvalue weighted by Gasteiger charge is -2.38. The maximum Gasteiger partial charge on any atom is 0.294 e. The van der Waals surface area contributed by atoms with Gasteiger partial charge in [-0.3, -0.25) is 10.1 Å². The molecular formula is C15H25N3O3Si. The molecule has 0 saturated heterocycles. The molecule has 2 N–H and O–H groups in total. The van der Waals surface area contributed by atoms with Crippen LogP contribution in [0, 0.1) is 10.1 Å². The Morgan fingerprint density at radius 1 is 1.41 bits per heavy atom. The first-order valence-electron chi connectivity index (χ1n) is 7.53. The van der Waals surface area contributed by atoms with E-state index in [4.69, 9.17) is 4.43 Å². The van der Waals surface area contributed by atoms with Crippen molar-refractivity contribution in [3.05, 3.63) is 28.3 Å². The van der Waals surface area contributed by atoms with Crippen molar-refractivity contribution in [2.75, 3.05) is 23.8 Å². The van der Waals surface area contributed by atoms with Gasteiger partial charge in [0.25, 0.3) is 5.69 Å². The predicted octanol–water partition coefficient (Wildman–Crippen LogP) is 3.82. The second-order valence-corrected chi connectivity index (χ2v) is 12.1. The number of hydrogen-bond acceptors (Lipinski definition) is 5. The van der Waals surface area contributed by atoms with E-state index >= 15 is 0 Å². The Kier molecular flexibility index (Phi) is 4.48. The highest BCUT2D eigenvalue weighted by Gasteiger charge is 2.38. The smallest absolute Gasteiger partial charge is 0.294 e. The van der Waals surface area contributed by atoms with E-state index in [0.717, 1.165) is 5.69 Å². The number of nitro benzene ring substituents is 1. The van der Waals surface area contributed by atoms with Gasteiger partial charge in [0.2, 0.25) is 0 Å². The van der Waals surface area contributed by atoms with Crippen molar-refractivity contribution < 1.29 is 9.35 Å². The molecule has 0 spiro atoms. The van der Waals surface area contributed by atoms with Crippen LogP contribution in [0.15, 0.2) is 18.2 Å². The number of rotatable bonds is 4. The molecule has 2 rings (SSSR count). The van der Waals surface area contributed by atoms with Crippen molar-refractivity contribution in [3.8, 4) is 0 Å². The van der Waals surface area contributed by atoms with Crippen molar-refractivity contribution in [1.82, 2.24) is 0 Å². The minimum Gasteiger partial charge on any atom is -0.415 e. The fourth-order valence-electron chi connectivity index (χ4n) is 2.11. The van der Waals surface area contributed by atoms with Crippen molar-refractivity contribution in [3.63, 3.8) is 0 Å². The first-order valence-corrected chi connectivity index (χ1v) is 10.4. The minimum atomic E-state index is -1.82. The van der Waals surface area contributed by atoms with Crippen molar-refractivity contribution in [1.29, 1.82) is 0 Å². The lowest BCUT2D eigenvalue weighted by Crippen LogP contribution is -2.46. The standard InChI is InChI=1S/C15H25N3O3Si/c1-15(2,3)22(4,5)21-10-11-9-16-12-7-6-8-13(18(19)20)14(12)17-11/h6-8,11,16-17H,9-10H2,1-5H3/t11-/m0/s1. The van der Waals surface area contributed by atoms with E-state index < -0.39 is 8.32 Å². The fourth-order valence-corrected chi connectivity index (χ4v) is 3.16. The molecule has 0 radical (unpaired) electrons. The van der Waals surface area contributed by atoms with Gasteiger partial charge in [0.05, 0.1) is 23.3 Å². The molecule has 0 saturated carbocycles. The summed E-state index contributed by atoms with van der Waals surface area (Å²) in [4.78, 5) is 10.8. The first kappa shape index (κ1) is 16.8. The highest BCUT2D eigenvalue weighted by Crippen LogP contribution is 2.38. The average molecular weight is 323 g/mol. The van der Waals surface area contributed by atoms with Crippen LogP contribution in [-0.4, -0.2) is 32.4 Å². The lowest BCUT2D eigenvalue weighted by molar-refractivity contribution is -0.383. The van der Waals surface area contributed by atoms with E-state index in [0.29, 0.717) is 18.8 Å². The number of anilines is 2. The molecule has 1 aliphatic heterocycles. The van der Waals surface area contributed by atoms with Crippen molar-refractivity contribution >= 4 is 25.4 Å². The molecule has 0 aliphatic carbocycles. The van der Waals surface area contributed by atoms with Crippen LogP contribution >= 0.6 is 0 Å². The number of nitrogens with zero attached hydrogens (tertiary/aromatic N) is 1. The number of para-hydroxylation sites is 1. The Labute approximate surface area is 132 Å². The summed E-state index contributed by atoms with van der Waals surface area (Å²) in [6.45, 7) is 12.3. The molecule has 1 atom stereocenters. The van der Waals surface area contributed by atoms with Crippen LogP contribution < -0.4 is 10.6 Å². The zero-order valence-electron chi connectivity index (χ0n) is 13.9. The molecular weight excluding hydrogens is 298 g/mol. The molecule has 122 valence electrons.